The number of hydrogen-bond acceptors (Lipinski definition) is 3. The predicted octanol–water partition coefficient (Wildman–Crippen LogP) is 1.49. The summed E-state index contributed by atoms with van der Waals surface area (Å²) in [4.78, 5) is 2.41. The second-order valence-electron chi connectivity index (χ2n) is 4.71. The molecule has 1 fully saturated rings. The van der Waals surface area contributed by atoms with Crippen molar-refractivity contribution in [3.05, 3.63) is 0 Å². The Hall–Kier alpha value is -0.120. The Bertz CT molecular complexity index is 155. The highest BCUT2D eigenvalue weighted by Crippen LogP contribution is 2.10. The Kier molecular flexibility index (Phi) is 6.22. The van der Waals surface area contributed by atoms with E-state index in [0.717, 1.165) is 6.61 Å². The van der Waals surface area contributed by atoms with Gasteiger partial charge in [0.05, 0.1) is 6.61 Å². The Morgan fingerprint density at radius 2 is 2.33 bits per heavy atom. The number of nitrogens with zero attached hydrogens (tertiary/aromatic N) is 1. The van der Waals surface area contributed by atoms with Crippen LogP contribution in [0.25, 0.3) is 0 Å². The van der Waals surface area contributed by atoms with Gasteiger partial charge in [0.1, 0.15) is 0 Å². The number of likely N-dealkylation sites (N-methyl/N-ethyl adjacent to an activating group) is 1. The summed E-state index contributed by atoms with van der Waals surface area (Å²) in [5.74, 6) is 0. The molecular weight excluding hydrogens is 188 g/mol. The van der Waals surface area contributed by atoms with Crippen LogP contribution >= 0.6 is 0 Å². The molecule has 2 atom stereocenters. The summed E-state index contributed by atoms with van der Waals surface area (Å²) >= 11 is 0. The molecule has 0 saturated carbocycles. The van der Waals surface area contributed by atoms with Gasteiger partial charge in [-0.05, 0) is 32.9 Å². The van der Waals surface area contributed by atoms with Crippen LogP contribution in [0.1, 0.15) is 32.6 Å². The van der Waals surface area contributed by atoms with E-state index < -0.39 is 0 Å². The number of piperidine rings is 1. The zero-order chi connectivity index (χ0) is 11.1. The second-order valence-corrected chi connectivity index (χ2v) is 4.71. The molecule has 0 bridgehead atoms. The van der Waals surface area contributed by atoms with Crippen molar-refractivity contribution >= 4 is 0 Å². The molecule has 1 aliphatic heterocycles. The number of methoxy groups -OCH3 is 1. The topological polar surface area (TPSA) is 24.5 Å². The van der Waals surface area contributed by atoms with E-state index >= 15 is 0 Å². The monoisotopic (exact) mass is 214 g/mol. The van der Waals surface area contributed by atoms with Gasteiger partial charge in [-0.15, -0.1) is 0 Å². The standard InChI is InChI=1S/C12H26N2O/c1-4-6-12(10-15-3)13-11-7-5-8-14(2)9-11/h11-13H,4-10H2,1-3H3. The van der Waals surface area contributed by atoms with Crippen molar-refractivity contribution in [1.82, 2.24) is 10.2 Å². The maximum absolute atomic E-state index is 5.25. The lowest BCUT2D eigenvalue weighted by molar-refractivity contribution is 0.140. The third kappa shape index (κ3) is 4.96. The first kappa shape index (κ1) is 12.9. The molecule has 0 spiro atoms. The summed E-state index contributed by atoms with van der Waals surface area (Å²) < 4.78 is 5.25. The van der Waals surface area contributed by atoms with Gasteiger partial charge in [-0.2, -0.15) is 0 Å². The van der Waals surface area contributed by atoms with E-state index in [1.54, 1.807) is 7.11 Å². The minimum atomic E-state index is 0.538. The van der Waals surface area contributed by atoms with Crippen LogP contribution in [0, 0.1) is 0 Å². The number of nitrogens with one attached hydrogen (secondary N) is 1. The quantitative estimate of drug-likeness (QED) is 0.725. The summed E-state index contributed by atoms with van der Waals surface area (Å²) in [6.07, 6.45) is 5.08. The summed E-state index contributed by atoms with van der Waals surface area (Å²) in [5.41, 5.74) is 0. The highest BCUT2D eigenvalue weighted by molar-refractivity contribution is 4.80. The SMILES string of the molecule is CCCC(COC)NC1CCCN(C)C1. The summed E-state index contributed by atoms with van der Waals surface area (Å²) in [6.45, 7) is 5.51. The molecule has 0 radical (unpaired) electrons. The zero-order valence-corrected chi connectivity index (χ0v) is 10.5. The van der Waals surface area contributed by atoms with Gasteiger partial charge in [-0.1, -0.05) is 13.3 Å². The van der Waals surface area contributed by atoms with Crippen LogP contribution in [0.15, 0.2) is 0 Å². The number of rotatable bonds is 6. The third-order valence-electron chi connectivity index (χ3n) is 3.10. The lowest BCUT2D eigenvalue weighted by Gasteiger charge is -2.33. The van der Waals surface area contributed by atoms with Crippen molar-refractivity contribution in [3.63, 3.8) is 0 Å². The molecule has 0 aromatic carbocycles. The second kappa shape index (κ2) is 7.20. The largest absolute Gasteiger partial charge is 0.383 e. The van der Waals surface area contributed by atoms with Gasteiger partial charge in [-0.3, -0.25) is 0 Å². The molecule has 3 heteroatoms. The van der Waals surface area contributed by atoms with Gasteiger partial charge in [0, 0.05) is 25.7 Å². The van der Waals surface area contributed by atoms with E-state index in [-0.39, 0.29) is 0 Å². The Labute approximate surface area is 94.2 Å². The van der Waals surface area contributed by atoms with Gasteiger partial charge in [0.15, 0.2) is 0 Å². The molecule has 1 heterocycles. The van der Waals surface area contributed by atoms with Gasteiger partial charge < -0.3 is 15.0 Å². The predicted molar refractivity (Wildman–Crippen MR) is 64.2 cm³/mol. The first-order valence-electron chi connectivity index (χ1n) is 6.19. The number of ether oxygens (including phenoxy) is 1. The van der Waals surface area contributed by atoms with Crippen LogP contribution in [-0.2, 0) is 4.74 Å². The molecule has 1 saturated heterocycles. The maximum Gasteiger partial charge on any atom is 0.0615 e. The molecule has 1 N–H and O–H groups in total. The normalized spacial score (nSPS) is 25.4. The van der Waals surface area contributed by atoms with E-state index in [1.807, 2.05) is 0 Å². The van der Waals surface area contributed by atoms with E-state index in [2.05, 4.69) is 24.2 Å². The van der Waals surface area contributed by atoms with Crippen LogP contribution in [0.5, 0.6) is 0 Å². The van der Waals surface area contributed by atoms with E-state index in [1.165, 1.54) is 38.8 Å². The highest BCUT2D eigenvalue weighted by atomic mass is 16.5. The van der Waals surface area contributed by atoms with Crippen molar-refractivity contribution in [2.24, 2.45) is 0 Å². The Morgan fingerprint density at radius 3 is 2.93 bits per heavy atom. The molecule has 1 rings (SSSR count). The van der Waals surface area contributed by atoms with Gasteiger partial charge in [0.25, 0.3) is 0 Å². The lowest BCUT2D eigenvalue weighted by Crippen LogP contribution is -2.49. The first-order chi connectivity index (χ1) is 7.26. The van der Waals surface area contributed by atoms with Crippen molar-refractivity contribution in [2.75, 3.05) is 33.9 Å². The third-order valence-corrected chi connectivity index (χ3v) is 3.10. The van der Waals surface area contributed by atoms with Crippen LogP contribution < -0.4 is 5.32 Å². The summed E-state index contributed by atoms with van der Waals surface area (Å²) in [6, 6.07) is 1.20. The van der Waals surface area contributed by atoms with Crippen LogP contribution in [0.3, 0.4) is 0 Å². The molecule has 2 unspecified atom stereocenters. The molecule has 0 aliphatic carbocycles. The zero-order valence-electron chi connectivity index (χ0n) is 10.5. The smallest absolute Gasteiger partial charge is 0.0615 e. The summed E-state index contributed by atoms with van der Waals surface area (Å²) in [7, 11) is 4.00. The van der Waals surface area contributed by atoms with Crippen LogP contribution in [0.2, 0.25) is 0 Å². The fourth-order valence-corrected chi connectivity index (χ4v) is 2.40. The number of hydrogen-bond donors (Lipinski definition) is 1. The average molecular weight is 214 g/mol. The molecule has 15 heavy (non-hydrogen) atoms. The first-order valence-corrected chi connectivity index (χ1v) is 6.19. The molecular formula is C12H26N2O. The molecule has 1 aliphatic rings. The Morgan fingerprint density at radius 1 is 1.53 bits per heavy atom. The fraction of sp³-hybridized carbons (Fsp3) is 1.00. The van der Waals surface area contributed by atoms with Crippen LogP contribution in [-0.4, -0.2) is 50.8 Å². The van der Waals surface area contributed by atoms with E-state index in [0.29, 0.717) is 12.1 Å². The highest BCUT2D eigenvalue weighted by Gasteiger charge is 2.19. The molecule has 90 valence electrons. The van der Waals surface area contributed by atoms with Crippen LogP contribution in [0.4, 0.5) is 0 Å². The molecule has 0 aromatic rings. The van der Waals surface area contributed by atoms with Gasteiger partial charge in [0.2, 0.25) is 0 Å². The molecule has 0 aromatic heterocycles. The summed E-state index contributed by atoms with van der Waals surface area (Å²) in [5, 5.41) is 3.72. The minimum Gasteiger partial charge on any atom is -0.383 e. The van der Waals surface area contributed by atoms with Crippen molar-refractivity contribution in [3.8, 4) is 0 Å². The lowest BCUT2D eigenvalue weighted by atomic mass is 10.0. The molecule has 0 amide bonds. The van der Waals surface area contributed by atoms with Crippen molar-refractivity contribution in [2.45, 2.75) is 44.7 Å². The Balaban J connectivity index is 2.28. The van der Waals surface area contributed by atoms with Crippen molar-refractivity contribution < 1.29 is 4.74 Å². The van der Waals surface area contributed by atoms with Gasteiger partial charge >= 0.3 is 0 Å². The van der Waals surface area contributed by atoms with E-state index in [9.17, 15) is 0 Å². The van der Waals surface area contributed by atoms with E-state index in [4.69, 9.17) is 4.74 Å². The van der Waals surface area contributed by atoms with Crippen molar-refractivity contribution in [1.29, 1.82) is 0 Å². The van der Waals surface area contributed by atoms with Gasteiger partial charge in [-0.25, -0.2) is 0 Å². The average Bonchev–Trinajstić information content (AvgIpc) is 2.18. The minimum absolute atomic E-state index is 0.538. The number of likely N-dealkylation sites (tertiary alicyclic amines) is 1. The maximum atomic E-state index is 5.25. The fourth-order valence-electron chi connectivity index (χ4n) is 2.40. The molecule has 3 nitrogen and oxygen atoms in total.